The molecule has 3 rings (SSSR count). The summed E-state index contributed by atoms with van der Waals surface area (Å²) in [6.45, 7) is 5.56. The average Bonchev–Trinajstić information content (AvgIpc) is 2.93. The third kappa shape index (κ3) is 3.54. The molecule has 1 saturated carbocycles. The lowest BCUT2D eigenvalue weighted by molar-refractivity contribution is 0.282. The standard InChI is InChI=1S/C18H27NO/c1-14-2-4-16(5-3-14)13-19-10-8-15-6-7-18-17(12-15)9-11-20-18/h6-7,12,14,16,19H,2-5,8-11,13H2,1H3. The van der Waals surface area contributed by atoms with Crippen LogP contribution in [0.1, 0.15) is 43.7 Å². The van der Waals surface area contributed by atoms with Gasteiger partial charge < -0.3 is 10.1 Å². The van der Waals surface area contributed by atoms with Crippen molar-refractivity contribution >= 4 is 0 Å². The van der Waals surface area contributed by atoms with Crippen LogP contribution in [-0.4, -0.2) is 19.7 Å². The van der Waals surface area contributed by atoms with E-state index >= 15 is 0 Å². The molecular weight excluding hydrogens is 246 g/mol. The molecule has 0 radical (unpaired) electrons. The maximum absolute atomic E-state index is 5.55. The molecule has 1 aromatic carbocycles. The summed E-state index contributed by atoms with van der Waals surface area (Å²) >= 11 is 0. The number of nitrogens with one attached hydrogen (secondary N) is 1. The highest BCUT2D eigenvalue weighted by atomic mass is 16.5. The van der Waals surface area contributed by atoms with Crippen molar-refractivity contribution < 1.29 is 4.74 Å². The molecule has 0 spiro atoms. The van der Waals surface area contributed by atoms with Gasteiger partial charge in [-0.25, -0.2) is 0 Å². The zero-order valence-electron chi connectivity index (χ0n) is 12.7. The number of hydrogen-bond acceptors (Lipinski definition) is 2. The van der Waals surface area contributed by atoms with Gasteiger partial charge in [0.2, 0.25) is 0 Å². The predicted molar refractivity (Wildman–Crippen MR) is 83.3 cm³/mol. The van der Waals surface area contributed by atoms with Crippen LogP contribution in [0.15, 0.2) is 18.2 Å². The Morgan fingerprint density at radius 1 is 1.20 bits per heavy atom. The van der Waals surface area contributed by atoms with Gasteiger partial charge in [-0.3, -0.25) is 0 Å². The van der Waals surface area contributed by atoms with E-state index in [-0.39, 0.29) is 0 Å². The minimum Gasteiger partial charge on any atom is -0.493 e. The van der Waals surface area contributed by atoms with Crippen LogP contribution in [0.25, 0.3) is 0 Å². The molecule has 110 valence electrons. The highest BCUT2D eigenvalue weighted by Gasteiger charge is 2.17. The monoisotopic (exact) mass is 273 g/mol. The smallest absolute Gasteiger partial charge is 0.122 e. The fourth-order valence-corrected chi connectivity index (χ4v) is 3.47. The Balaban J connectivity index is 1.37. The minimum absolute atomic E-state index is 0.858. The van der Waals surface area contributed by atoms with Crippen LogP contribution in [0.3, 0.4) is 0 Å². The molecule has 1 heterocycles. The topological polar surface area (TPSA) is 21.3 Å². The van der Waals surface area contributed by atoms with Gasteiger partial charge in [-0.05, 0) is 61.4 Å². The van der Waals surface area contributed by atoms with E-state index in [0.717, 1.165) is 43.6 Å². The van der Waals surface area contributed by atoms with Gasteiger partial charge in [0.15, 0.2) is 0 Å². The van der Waals surface area contributed by atoms with Crippen LogP contribution in [0, 0.1) is 11.8 Å². The van der Waals surface area contributed by atoms with Gasteiger partial charge in [-0.1, -0.05) is 31.9 Å². The van der Waals surface area contributed by atoms with E-state index in [1.165, 1.54) is 43.4 Å². The van der Waals surface area contributed by atoms with Crippen molar-refractivity contribution in [2.24, 2.45) is 11.8 Å². The van der Waals surface area contributed by atoms with E-state index in [2.05, 4.69) is 30.4 Å². The van der Waals surface area contributed by atoms with Crippen LogP contribution in [0.5, 0.6) is 5.75 Å². The van der Waals surface area contributed by atoms with E-state index in [1.807, 2.05) is 0 Å². The van der Waals surface area contributed by atoms with Crippen LogP contribution < -0.4 is 10.1 Å². The average molecular weight is 273 g/mol. The van der Waals surface area contributed by atoms with E-state index < -0.39 is 0 Å². The fraction of sp³-hybridized carbons (Fsp3) is 0.667. The number of benzene rings is 1. The van der Waals surface area contributed by atoms with Crippen molar-refractivity contribution in [3.8, 4) is 5.75 Å². The lowest BCUT2D eigenvalue weighted by atomic mass is 9.83. The summed E-state index contributed by atoms with van der Waals surface area (Å²) in [6, 6.07) is 6.68. The number of fused-ring (bicyclic) bond motifs is 1. The van der Waals surface area contributed by atoms with Gasteiger partial charge in [0.05, 0.1) is 6.61 Å². The van der Waals surface area contributed by atoms with E-state index in [9.17, 15) is 0 Å². The molecule has 0 atom stereocenters. The summed E-state index contributed by atoms with van der Waals surface area (Å²) in [5.74, 6) is 2.97. The minimum atomic E-state index is 0.858. The first-order valence-electron chi connectivity index (χ1n) is 8.26. The van der Waals surface area contributed by atoms with Crippen LogP contribution in [0.4, 0.5) is 0 Å². The number of rotatable bonds is 5. The van der Waals surface area contributed by atoms with Crippen molar-refractivity contribution in [2.45, 2.75) is 45.4 Å². The fourth-order valence-electron chi connectivity index (χ4n) is 3.47. The summed E-state index contributed by atoms with van der Waals surface area (Å²) in [5, 5.41) is 3.65. The normalized spacial score (nSPS) is 25.2. The third-order valence-corrected chi connectivity index (χ3v) is 4.91. The van der Waals surface area contributed by atoms with Crippen molar-refractivity contribution in [3.63, 3.8) is 0 Å². The summed E-state index contributed by atoms with van der Waals surface area (Å²) in [7, 11) is 0. The van der Waals surface area contributed by atoms with Gasteiger partial charge >= 0.3 is 0 Å². The Kier molecular flexibility index (Phi) is 4.62. The quantitative estimate of drug-likeness (QED) is 0.828. The zero-order valence-corrected chi connectivity index (χ0v) is 12.7. The van der Waals surface area contributed by atoms with Crippen molar-refractivity contribution in [2.75, 3.05) is 19.7 Å². The van der Waals surface area contributed by atoms with Gasteiger partial charge in [-0.2, -0.15) is 0 Å². The summed E-state index contributed by atoms with van der Waals surface area (Å²) in [5.41, 5.74) is 2.84. The highest BCUT2D eigenvalue weighted by molar-refractivity contribution is 5.39. The molecule has 1 N–H and O–H groups in total. The molecule has 0 aromatic heterocycles. The molecule has 2 nitrogen and oxygen atoms in total. The Bertz CT molecular complexity index is 435. The number of ether oxygens (including phenoxy) is 1. The van der Waals surface area contributed by atoms with Gasteiger partial charge in [-0.15, -0.1) is 0 Å². The molecule has 1 aliphatic heterocycles. The highest BCUT2D eigenvalue weighted by Crippen LogP contribution is 2.28. The van der Waals surface area contributed by atoms with Crippen molar-refractivity contribution in [1.82, 2.24) is 5.32 Å². The lowest BCUT2D eigenvalue weighted by Crippen LogP contribution is -2.27. The van der Waals surface area contributed by atoms with Gasteiger partial charge in [0.1, 0.15) is 5.75 Å². The molecule has 0 amide bonds. The van der Waals surface area contributed by atoms with Crippen molar-refractivity contribution in [3.05, 3.63) is 29.3 Å². The van der Waals surface area contributed by atoms with E-state index in [1.54, 1.807) is 0 Å². The second kappa shape index (κ2) is 6.62. The molecule has 1 fully saturated rings. The maximum Gasteiger partial charge on any atom is 0.122 e. The van der Waals surface area contributed by atoms with Crippen molar-refractivity contribution in [1.29, 1.82) is 0 Å². The Hall–Kier alpha value is -1.02. The van der Waals surface area contributed by atoms with E-state index in [4.69, 9.17) is 4.74 Å². The molecule has 0 unspecified atom stereocenters. The summed E-state index contributed by atoms with van der Waals surface area (Å²) in [4.78, 5) is 0. The van der Waals surface area contributed by atoms with Gasteiger partial charge in [0.25, 0.3) is 0 Å². The molecule has 1 aliphatic carbocycles. The van der Waals surface area contributed by atoms with Crippen LogP contribution in [-0.2, 0) is 12.8 Å². The second-order valence-corrected chi connectivity index (χ2v) is 6.62. The first-order chi connectivity index (χ1) is 9.81. The zero-order chi connectivity index (χ0) is 13.8. The Morgan fingerprint density at radius 3 is 2.90 bits per heavy atom. The van der Waals surface area contributed by atoms with Crippen LogP contribution >= 0.6 is 0 Å². The Labute approximate surface area is 122 Å². The molecule has 0 bridgehead atoms. The molecule has 2 aliphatic rings. The van der Waals surface area contributed by atoms with E-state index in [0.29, 0.717) is 0 Å². The van der Waals surface area contributed by atoms with Gasteiger partial charge in [0, 0.05) is 6.42 Å². The summed E-state index contributed by atoms with van der Waals surface area (Å²) in [6.07, 6.45) is 7.91. The number of hydrogen-bond donors (Lipinski definition) is 1. The molecule has 2 heteroatoms. The third-order valence-electron chi connectivity index (χ3n) is 4.91. The molecule has 20 heavy (non-hydrogen) atoms. The SMILES string of the molecule is CC1CCC(CNCCc2ccc3c(c2)CCO3)CC1. The predicted octanol–water partition coefficient (Wildman–Crippen LogP) is 3.58. The molecule has 1 aromatic rings. The van der Waals surface area contributed by atoms with Crippen LogP contribution in [0.2, 0.25) is 0 Å². The molecular formula is C18H27NO. The largest absolute Gasteiger partial charge is 0.493 e. The Morgan fingerprint density at radius 2 is 2.05 bits per heavy atom. The summed E-state index contributed by atoms with van der Waals surface area (Å²) < 4.78 is 5.55. The maximum atomic E-state index is 5.55. The lowest BCUT2D eigenvalue weighted by Gasteiger charge is -2.26. The second-order valence-electron chi connectivity index (χ2n) is 6.62. The first kappa shape index (κ1) is 13.9. The molecule has 0 saturated heterocycles. The first-order valence-corrected chi connectivity index (χ1v) is 8.26.